The summed E-state index contributed by atoms with van der Waals surface area (Å²) in [6.07, 6.45) is 11.4. The van der Waals surface area contributed by atoms with Gasteiger partial charge in [-0.1, -0.05) is 24.4 Å². The first-order valence-corrected chi connectivity index (χ1v) is 8.09. The Bertz CT molecular complexity index is 425. The molecule has 0 amide bonds. The minimum atomic E-state index is 0.589. The molecule has 5 nitrogen and oxygen atoms in total. The molecule has 1 atom stereocenters. The van der Waals surface area contributed by atoms with Gasteiger partial charge in [-0.15, -0.1) is 5.10 Å². The van der Waals surface area contributed by atoms with E-state index in [1.165, 1.54) is 38.5 Å². The Morgan fingerprint density at radius 2 is 2.05 bits per heavy atom. The second-order valence-corrected chi connectivity index (χ2v) is 6.45. The van der Waals surface area contributed by atoms with Gasteiger partial charge in [-0.25, -0.2) is 0 Å². The van der Waals surface area contributed by atoms with E-state index in [0.717, 1.165) is 44.2 Å². The quantitative estimate of drug-likeness (QED) is 0.750. The Kier molecular flexibility index (Phi) is 4.24. The van der Waals surface area contributed by atoms with Crippen LogP contribution in [0.5, 0.6) is 0 Å². The number of nitrogens with one attached hydrogen (secondary N) is 1. The third-order valence-electron chi connectivity index (χ3n) is 5.02. The van der Waals surface area contributed by atoms with Crippen molar-refractivity contribution in [2.45, 2.75) is 57.8 Å². The molecule has 1 heterocycles. The number of nitrogens with zero attached hydrogens (tertiary/aromatic N) is 2. The van der Waals surface area contributed by atoms with Crippen molar-refractivity contribution < 1.29 is 4.42 Å². The highest BCUT2D eigenvalue weighted by molar-refractivity contribution is 5.19. The van der Waals surface area contributed by atoms with Crippen molar-refractivity contribution in [3.8, 4) is 0 Å². The van der Waals surface area contributed by atoms with Gasteiger partial charge in [0.15, 0.2) is 0 Å². The van der Waals surface area contributed by atoms with E-state index in [1.807, 2.05) is 0 Å². The van der Waals surface area contributed by atoms with E-state index in [-0.39, 0.29) is 0 Å². The highest BCUT2D eigenvalue weighted by atomic mass is 16.4. The average Bonchev–Trinajstić information content (AvgIpc) is 2.93. The van der Waals surface area contributed by atoms with Gasteiger partial charge in [0.05, 0.1) is 0 Å². The SMILES string of the molecule is NCCCCc1nnc(NCC2CC23CCCCC3)o1. The van der Waals surface area contributed by atoms with Gasteiger partial charge in [-0.05, 0) is 50.0 Å². The van der Waals surface area contributed by atoms with Crippen molar-refractivity contribution >= 4 is 6.01 Å². The lowest BCUT2D eigenvalue weighted by Gasteiger charge is -2.22. The number of rotatable bonds is 7. The fourth-order valence-corrected chi connectivity index (χ4v) is 3.65. The number of hydrogen-bond acceptors (Lipinski definition) is 5. The molecule has 1 spiro atoms. The van der Waals surface area contributed by atoms with Crippen LogP contribution in [0, 0.1) is 11.3 Å². The van der Waals surface area contributed by atoms with E-state index in [4.69, 9.17) is 10.2 Å². The maximum atomic E-state index is 5.61. The second-order valence-electron chi connectivity index (χ2n) is 6.45. The van der Waals surface area contributed by atoms with Crippen LogP contribution in [0.25, 0.3) is 0 Å². The van der Waals surface area contributed by atoms with Crippen molar-refractivity contribution in [2.75, 3.05) is 18.4 Å². The standard InChI is InChI=1S/C15H26N4O/c16-9-5-2-6-13-18-19-14(20-13)17-11-12-10-15(12)7-3-1-4-8-15/h12H,1-11,16H2,(H,17,19). The van der Waals surface area contributed by atoms with Crippen LogP contribution in [-0.2, 0) is 6.42 Å². The first kappa shape index (κ1) is 13.9. The number of aryl methyl sites for hydroxylation is 1. The lowest BCUT2D eigenvalue weighted by atomic mass is 9.84. The van der Waals surface area contributed by atoms with Crippen LogP contribution in [0.2, 0.25) is 0 Å². The number of unbranched alkanes of at least 4 members (excludes halogenated alkanes) is 1. The third-order valence-corrected chi connectivity index (χ3v) is 5.02. The van der Waals surface area contributed by atoms with Crippen LogP contribution < -0.4 is 11.1 Å². The fraction of sp³-hybridized carbons (Fsp3) is 0.867. The third kappa shape index (κ3) is 3.14. The normalized spacial score (nSPS) is 23.9. The Balaban J connectivity index is 1.41. The van der Waals surface area contributed by atoms with E-state index in [2.05, 4.69) is 15.5 Å². The van der Waals surface area contributed by atoms with Crippen LogP contribution in [0.4, 0.5) is 6.01 Å². The molecule has 2 aliphatic carbocycles. The zero-order valence-corrected chi connectivity index (χ0v) is 12.2. The summed E-state index contributed by atoms with van der Waals surface area (Å²) in [6.45, 7) is 1.72. The van der Waals surface area contributed by atoms with Gasteiger partial charge >= 0.3 is 6.01 Å². The largest absolute Gasteiger partial charge is 0.408 e. The minimum Gasteiger partial charge on any atom is -0.408 e. The molecule has 2 fully saturated rings. The summed E-state index contributed by atoms with van der Waals surface area (Å²) in [6, 6.07) is 0.589. The molecular formula is C15H26N4O. The molecule has 0 aromatic carbocycles. The summed E-state index contributed by atoms with van der Waals surface area (Å²) in [5.41, 5.74) is 6.14. The summed E-state index contributed by atoms with van der Waals surface area (Å²) in [5.74, 6) is 1.54. The lowest BCUT2D eigenvalue weighted by molar-refractivity contribution is 0.310. The van der Waals surface area contributed by atoms with Gasteiger partial charge in [-0.3, -0.25) is 0 Å². The fourth-order valence-electron chi connectivity index (χ4n) is 3.65. The van der Waals surface area contributed by atoms with Gasteiger partial charge in [0.25, 0.3) is 0 Å². The number of anilines is 1. The molecule has 0 saturated heterocycles. The molecule has 5 heteroatoms. The van der Waals surface area contributed by atoms with Gasteiger partial charge in [-0.2, -0.15) is 0 Å². The van der Waals surface area contributed by atoms with Crippen LogP contribution in [0.1, 0.15) is 57.3 Å². The van der Waals surface area contributed by atoms with Gasteiger partial charge in [0.1, 0.15) is 0 Å². The number of nitrogens with two attached hydrogens (primary N) is 1. The molecule has 20 heavy (non-hydrogen) atoms. The second kappa shape index (κ2) is 6.12. The molecule has 0 bridgehead atoms. The van der Waals surface area contributed by atoms with Crippen LogP contribution in [0.3, 0.4) is 0 Å². The molecular weight excluding hydrogens is 252 g/mol. The van der Waals surface area contributed by atoms with E-state index in [9.17, 15) is 0 Å². The predicted molar refractivity (Wildman–Crippen MR) is 78.4 cm³/mol. The van der Waals surface area contributed by atoms with E-state index in [0.29, 0.717) is 11.4 Å². The smallest absolute Gasteiger partial charge is 0.315 e. The highest BCUT2D eigenvalue weighted by Gasteiger charge is 2.53. The number of hydrogen-bond donors (Lipinski definition) is 2. The summed E-state index contributed by atoms with van der Waals surface area (Å²) >= 11 is 0. The Hall–Kier alpha value is -1.10. The van der Waals surface area contributed by atoms with Gasteiger partial charge < -0.3 is 15.5 Å². The summed E-state index contributed by atoms with van der Waals surface area (Å²) < 4.78 is 5.61. The molecule has 1 aromatic rings. The summed E-state index contributed by atoms with van der Waals surface area (Å²) in [7, 11) is 0. The van der Waals surface area contributed by atoms with Crippen molar-refractivity contribution in [3.63, 3.8) is 0 Å². The molecule has 0 radical (unpaired) electrons. The maximum Gasteiger partial charge on any atom is 0.315 e. The van der Waals surface area contributed by atoms with Crippen molar-refractivity contribution in [2.24, 2.45) is 17.1 Å². The molecule has 2 aliphatic rings. The monoisotopic (exact) mass is 278 g/mol. The first-order valence-electron chi connectivity index (χ1n) is 8.09. The predicted octanol–water partition coefficient (Wildman–Crippen LogP) is 2.73. The van der Waals surface area contributed by atoms with Crippen molar-refractivity contribution in [1.82, 2.24) is 10.2 Å². The van der Waals surface area contributed by atoms with E-state index < -0.39 is 0 Å². The molecule has 1 aromatic heterocycles. The topological polar surface area (TPSA) is 77.0 Å². The van der Waals surface area contributed by atoms with Gasteiger partial charge in [0.2, 0.25) is 5.89 Å². The van der Waals surface area contributed by atoms with Crippen LogP contribution >= 0.6 is 0 Å². The molecule has 3 rings (SSSR count). The maximum absolute atomic E-state index is 5.61. The van der Waals surface area contributed by atoms with Gasteiger partial charge in [0, 0.05) is 13.0 Å². The van der Waals surface area contributed by atoms with E-state index >= 15 is 0 Å². The Morgan fingerprint density at radius 3 is 2.85 bits per heavy atom. The van der Waals surface area contributed by atoms with Crippen LogP contribution in [0.15, 0.2) is 4.42 Å². The zero-order valence-electron chi connectivity index (χ0n) is 12.2. The minimum absolute atomic E-state index is 0.589. The average molecular weight is 278 g/mol. The first-order chi connectivity index (χ1) is 9.82. The van der Waals surface area contributed by atoms with Crippen molar-refractivity contribution in [3.05, 3.63) is 5.89 Å². The van der Waals surface area contributed by atoms with E-state index in [1.54, 1.807) is 0 Å². The lowest BCUT2D eigenvalue weighted by Crippen LogP contribution is -2.14. The molecule has 2 saturated carbocycles. The Labute approximate surface area is 120 Å². The summed E-state index contributed by atoms with van der Waals surface area (Å²) in [4.78, 5) is 0. The molecule has 3 N–H and O–H groups in total. The summed E-state index contributed by atoms with van der Waals surface area (Å²) in [5, 5.41) is 11.5. The van der Waals surface area contributed by atoms with Crippen molar-refractivity contribution in [1.29, 1.82) is 0 Å². The number of aromatic nitrogens is 2. The molecule has 1 unspecified atom stereocenters. The highest BCUT2D eigenvalue weighted by Crippen LogP contribution is 2.61. The molecule has 0 aliphatic heterocycles. The Morgan fingerprint density at radius 1 is 1.20 bits per heavy atom. The molecule has 112 valence electrons. The zero-order chi connectivity index (χ0) is 13.8. The van der Waals surface area contributed by atoms with Crippen LogP contribution in [-0.4, -0.2) is 23.3 Å².